The van der Waals surface area contributed by atoms with Crippen LogP contribution in [0.5, 0.6) is 11.5 Å². The van der Waals surface area contributed by atoms with Crippen molar-refractivity contribution in [2.24, 2.45) is 0 Å². The summed E-state index contributed by atoms with van der Waals surface area (Å²) < 4.78 is 12.7. The maximum absolute atomic E-state index is 12.2. The number of nitrogens with one attached hydrogen (secondary N) is 2. The molecular weight excluding hydrogens is 445 g/mol. The molecule has 0 aliphatic carbocycles. The van der Waals surface area contributed by atoms with E-state index in [4.69, 9.17) is 32.7 Å². The first kappa shape index (κ1) is 21.0. The van der Waals surface area contributed by atoms with Gasteiger partial charge in [-0.25, -0.2) is 4.68 Å². The van der Waals surface area contributed by atoms with Crippen LogP contribution in [-0.2, 0) is 9.59 Å². The Morgan fingerprint density at radius 2 is 2.00 bits per heavy atom. The van der Waals surface area contributed by atoms with E-state index in [-0.39, 0.29) is 30.9 Å². The first-order valence-corrected chi connectivity index (χ1v) is 9.94. The zero-order valence-electron chi connectivity index (χ0n) is 16.3. The van der Waals surface area contributed by atoms with E-state index >= 15 is 0 Å². The zero-order chi connectivity index (χ0) is 22.0. The molecular formula is C20H17Cl2N5O4. The molecule has 160 valence electrons. The monoisotopic (exact) mass is 461 g/mol. The van der Waals surface area contributed by atoms with Crippen LogP contribution < -0.4 is 20.1 Å². The quantitative estimate of drug-likeness (QED) is 0.581. The molecule has 0 saturated heterocycles. The number of fused-ring (bicyclic) bond motifs is 1. The van der Waals surface area contributed by atoms with Crippen molar-refractivity contribution in [1.82, 2.24) is 14.8 Å². The number of carbonyl (C=O) groups is 2. The smallest absolute Gasteiger partial charge is 0.262 e. The fourth-order valence-corrected chi connectivity index (χ4v) is 3.77. The predicted octanol–water partition coefficient (Wildman–Crippen LogP) is 3.54. The molecule has 0 saturated carbocycles. The Labute approximate surface area is 187 Å². The SMILES string of the molecule is COc1cc([C@@H]2CC(=O)Nc3ncnn32)ccc1OCC(=O)Nc1cc(Cl)cc(Cl)c1. The minimum atomic E-state index is -0.388. The Morgan fingerprint density at radius 1 is 1.23 bits per heavy atom. The Bertz CT molecular complexity index is 1130. The second-order valence-electron chi connectivity index (χ2n) is 6.70. The third-order valence-electron chi connectivity index (χ3n) is 4.58. The van der Waals surface area contributed by atoms with Crippen LogP contribution in [0.2, 0.25) is 10.0 Å². The summed E-state index contributed by atoms with van der Waals surface area (Å²) >= 11 is 11.9. The first-order valence-electron chi connectivity index (χ1n) is 9.19. The summed E-state index contributed by atoms with van der Waals surface area (Å²) in [6, 6.07) is 9.63. The molecule has 2 N–H and O–H groups in total. The van der Waals surface area contributed by atoms with Crippen molar-refractivity contribution in [3.63, 3.8) is 0 Å². The van der Waals surface area contributed by atoms with Gasteiger partial charge in [-0.1, -0.05) is 29.3 Å². The minimum Gasteiger partial charge on any atom is -0.493 e. The number of hydrogen-bond acceptors (Lipinski definition) is 6. The summed E-state index contributed by atoms with van der Waals surface area (Å²) in [5.41, 5.74) is 1.26. The van der Waals surface area contributed by atoms with Crippen LogP contribution in [-0.4, -0.2) is 40.3 Å². The number of anilines is 2. The van der Waals surface area contributed by atoms with Gasteiger partial charge < -0.3 is 14.8 Å². The Kier molecular flexibility index (Phi) is 5.97. The molecule has 0 radical (unpaired) electrons. The standard InChI is InChI=1S/C20H17Cl2N5O4/c1-30-17-4-11(15-8-18(28)26-20-23-10-24-27(15)20)2-3-16(17)31-9-19(29)25-14-6-12(21)5-13(22)7-14/h2-7,10,15H,8-9H2,1H3,(H,25,29)(H,23,24,26,28)/t15-/m0/s1. The lowest BCUT2D eigenvalue weighted by Gasteiger charge is -2.24. The third-order valence-corrected chi connectivity index (χ3v) is 5.01. The highest BCUT2D eigenvalue weighted by atomic mass is 35.5. The van der Waals surface area contributed by atoms with Crippen LogP contribution in [0.15, 0.2) is 42.7 Å². The average Bonchev–Trinajstić information content (AvgIpc) is 3.19. The van der Waals surface area contributed by atoms with Crippen molar-refractivity contribution in [2.45, 2.75) is 12.5 Å². The lowest BCUT2D eigenvalue weighted by atomic mass is 10.0. The number of amides is 2. The van der Waals surface area contributed by atoms with E-state index in [1.165, 1.54) is 13.4 Å². The molecule has 31 heavy (non-hydrogen) atoms. The summed E-state index contributed by atoms with van der Waals surface area (Å²) in [5, 5.41) is 10.3. The van der Waals surface area contributed by atoms with Crippen LogP contribution in [0.3, 0.4) is 0 Å². The van der Waals surface area contributed by atoms with Gasteiger partial charge in [0.25, 0.3) is 5.91 Å². The van der Waals surface area contributed by atoms with Crippen LogP contribution in [0.4, 0.5) is 11.6 Å². The van der Waals surface area contributed by atoms with Crippen LogP contribution in [0, 0.1) is 0 Å². The number of rotatable bonds is 6. The topological polar surface area (TPSA) is 107 Å². The van der Waals surface area contributed by atoms with Crippen LogP contribution >= 0.6 is 23.2 Å². The number of carbonyl (C=O) groups excluding carboxylic acids is 2. The zero-order valence-corrected chi connectivity index (χ0v) is 17.8. The van der Waals surface area contributed by atoms with E-state index in [1.807, 2.05) is 0 Å². The van der Waals surface area contributed by atoms with Crippen molar-refractivity contribution in [3.05, 3.63) is 58.3 Å². The van der Waals surface area contributed by atoms with Gasteiger partial charge in [-0.05, 0) is 35.9 Å². The van der Waals surface area contributed by atoms with E-state index in [0.717, 1.165) is 5.56 Å². The molecule has 1 aromatic heterocycles. The van der Waals surface area contributed by atoms with Crippen molar-refractivity contribution in [3.8, 4) is 11.5 Å². The largest absolute Gasteiger partial charge is 0.493 e. The molecule has 2 aromatic carbocycles. The molecule has 0 unspecified atom stereocenters. The second-order valence-corrected chi connectivity index (χ2v) is 7.57. The molecule has 4 rings (SSSR count). The molecule has 9 nitrogen and oxygen atoms in total. The Hall–Kier alpha value is -3.30. The second kappa shape index (κ2) is 8.83. The molecule has 1 atom stereocenters. The summed E-state index contributed by atoms with van der Waals surface area (Å²) in [6.07, 6.45) is 1.60. The Morgan fingerprint density at radius 3 is 2.74 bits per heavy atom. The lowest BCUT2D eigenvalue weighted by molar-refractivity contribution is -0.118. The van der Waals surface area contributed by atoms with Gasteiger partial charge in [-0.3, -0.25) is 14.9 Å². The van der Waals surface area contributed by atoms with Crippen molar-refractivity contribution in [2.75, 3.05) is 24.4 Å². The summed E-state index contributed by atoms with van der Waals surface area (Å²) in [7, 11) is 1.49. The number of aromatic nitrogens is 3. The van der Waals surface area contributed by atoms with E-state index in [2.05, 4.69) is 20.7 Å². The molecule has 2 amide bonds. The molecule has 3 aromatic rings. The lowest BCUT2D eigenvalue weighted by Crippen LogP contribution is -2.29. The first-order chi connectivity index (χ1) is 14.9. The number of hydrogen-bond donors (Lipinski definition) is 2. The number of nitrogens with zero attached hydrogens (tertiary/aromatic N) is 3. The molecule has 11 heteroatoms. The molecule has 1 aliphatic rings. The number of halogens is 2. The molecule has 1 aliphatic heterocycles. The summed E-state index contributed by atoms with van der Waals surface area (Å²) in [5.74, 6) is 0.648. The maximum Gasteiger partial charge on any atom is 0.262 e. The summed E-state index contributed by atoms with van der Waals surface area (Å²) in [4.78, 5) is 28.3. The van der Waals surface area contributed by atoms with Crippen molar-refractivity contribution < 1.29 is 19.1 Å². The highest BCUT2D eigenvalue weighted by molar-refractivity contribution is 6.35. The summed E-state index contributed by atoms with van der Waals surface area (Å²) in [6.45, 7) is -0.251. The fraction of sp³-hybridized carbons (Fsp3) is 0.200. The van der Waals surface area contributed by atoms with E-state index in [1.54, 1.807) is 41.1 Å². The molecule has 0 fully saturated rings. The fourth-order valence-electron chi connectivity index (χ4n) is 3.24. The normalized spacial score (nSPS) is 15.1. The number of methoxy groups -OCH3 is 1. The van der Waals surface area contributed by atoms with Gasteiger partial charge in [0.1, 0.15) is 6.33 Å². The van der Waals surface area contributed by atoms with Crippen molar-refractivity contribution >= 4 is 46.7 Å². The molecule has 0 bridgehead atoms. The van der Waals surface area contributed by atoms with Crippen molar-refractivity contribution in [1.29, 1.82) is 0 Å². The maximum atomic E-state index is 12.2. The van der Waals surface area contributed by atoms with Gasteiger partial charge in [-0.15, -0.1) is 0 Å². The van der Waals surface area contributed by atoms with Crippen LogP contribution in [0.1, 0.15) is 18.0 Å². The molecule has 0 spiro atoms. The van der Waals surface area contributed by atoms with E-state index in [0.29, 0.717) is 33.2 Å². The third kappa shape index (κ3) is 4.73. The molecule has 2 heterocycles. The van der Waals surface area contributed by atoms with Gasteiger partial charge in [0.05, 0.1) is 19.6 Å². The highest BCUT2D eigenvalue weighted by Crippen LogP contribution is 2.35. The van der Waals surface area contributed by atoms with E-state index < -0.39 is 0 Å². The van der Waals surface area contributed by atoms with Gasteiger partial charge >= 0.3 is 0 Å². The predicted molar refractivity (Wildman–Crippen MR) is 115 cm³/mol. The van der Waals surface area contributed by atoms with Crippen LogP contribution in [0.25, 0.3) is 0 Å². The van der Waals surface area contributed by atoms with Gasteiger partial charge in [0.15, 0.2) is 18.1 Å². The van der Waals surface area contributed by atoms with Gasteiger partial charge in [-0.2, -0.15) is 10.1 Å². The number of ether oxygens (including phenoxy) is 2. The number of benzene rings is 2. The highest BCUT2D eigenvalue weighted by Gasteiger charge is 2.28. The average molecular weight is 462 g/mol. The van der Waals surface area contributed by atoms with Gasteiger partial charge in [0.2, 0.25) is 11.9 Å². The van der Waals surface area contributed by atoms with Gasteiger partial charge in [0, 0.05) is 15.7 Å². The minimum absolute atomic E-state index is 0.150. The van der Waals surface area contributed by atoms with E-state index in [9.17, 15) is 9.59 Å². The Balaban J connectivity index is 1.46.